The molecule has 2 aliphatic heterocycles. The van der Waals surface area contributed by atoms with E-state index >= 15 is 0 Å². The molecule has 0 atom stereocenters. The fraction of sp³-hybridized carbons (Fsp3) is 0.458. The van der Waals surface area contributed by atoms with Crippen LogP contribution in [0.5, 0.6) is 11.6 Å². The second kappa shape index (κ2) is 9.73. The Morgan fingerprint density at radius 1 is 1.32 bits per heavy atom. The molecule has 0 unspecified atom stereocenters. The third kappa shape index (κ3) is 4.53. The number of likely N-dealkylation sites (tertiary alicyclic amines) is 1. The molecule has 10 heteroatoms. The van der Waals surface area contributed by atoms with Gasteiger partial charge >= 0.3 is 6.03 Å². The first-order chi connectivity index (χ1) is 16.6. The minimum absolute atomic E-state index is 0.0532. The number of hydrogen-bond donors (Lipinski definition) is 2. The number of anilines is 1. The number of carbonyl (C=O) groups is 1. The Morgan fingerprint density at radius 3 is 2.97 bits per heavy atom. The van der Waals surface area contributed by atoms with Crippen LogP contribution in [0.25, 0.3) is 21.3 Å². The highest BCUT2D eigenvalue weighted by Crippen LogP contribution is 2.41. The van der Waals surface area contributed by atoms with E-state index in [-0.39, 0.29) is 24.7 Å². The summed E-state index contributed by atoms with van der Waals surface area (Å²) in [4.78, 5) is 24.0. The molecule has 2 aliphatic rings. The fourth-order valence-electron chi connectivity index (χ4n) is 4.71. The summed E-state index contributed by atoms with van der Waals surface area (Å²) >= 11 is 1.40. The number of benzene rings is 1. The number of urea groups is 1. The number of aliphatic hydroxyl groups excluding tert-OH is 1. The smallest absolute Gasteiger partial charge is 0.323 e. The first-order valence-corrected chi connectivity index (χ1v) is 12.2. The van der Waals surface area contributed by atoms with E-state index in [9.17, 15) is 4.79 Å². The Kier molecular flexibility index (Phi) is 6.53. The zero-order chi connectivity index (χ0) is 23.5. The van der Waals surface area contributed by atoms with E-state index < -0.39 is 0 Å². The molecule has 4 heterocycles. The lowest BCUT2D eigenvalue weighted by molar-refractivity contribution is 0.0211. The van der Waals surface area contributed by atoms with Crippen LogP contribution in [0.4, 0.5) is 9.93 Å². The largest absolute Gasteiger partial charge is 0.491 e. The van der Waals surface area contributed by atoms with Crippen LogP contribution in [-0.2, 0) is 4.74 Å². The van der Waals surface area contributed by atoms with Gasteiger partial charge in [0.1, 0.15) is 17.9 Å². The number of nitrogens with zero attached hydrogens (tertiary/aromatic N) is 3. The molecule has 2 amide bonds. The van der Waals surface area contributed by atoms with Crippen molar-refractivity contribution in [2.75, 3.05) is 51.9 Å². The molecule has 2 aromatic heterocycles. The number of methoxy groups -OCH3 is 1. The van der Waals surface area contributed by atoms with E-state index in [4.69, 9.17) is 19.3 Å². The summed E-state index contributed by atoms with van der Waals surface area (Å²) < 4.78 is 17.4. The molecule has 0 bridgehead atoms. The molecule has 1 spiro atoms. The van der Waals surface area contributed by atoms with E-state index in [1.54, 1.807) is 13.3 Å². The van der Waals surface area contributed by atoms with Crippen LogP contribution in [-0.4, -0.2) is 72.6 Å². The molecule has 0 radical (unpaired) electrons. The number of aliphatic hydroxyl groups is 1. The van der Waals surface area contributed by atoms with Crippen LogP contribution in [0, 0.1) is 5.41 Å². The number of rotatable bonds is 6. The van der Waals surface area contributed by atoms with Crippen molar-refractivity contribution in [1.29, 1.82) is 0 Å². The van der Waals surface area contributed by atoms with Gasteiger partial charge in [0.25, 0.3) is 0 Å². The quantitative estimate of drug-likeness (QED) is 0.549. The molecule has 180 valence electrons. The van der Waals surface area contributed by atoms with Crippen LogP contribution in [0.15, 0.2) is 30.5 Å². The molecular formula is C24H28N4O5S. The minimum atomic E-state index is -0.129. The molecule has 2 N–H and O–H groups in total. The van der Waals surface area contributed by atoms with Crippen LogP contribution >= 0.6 is 11.3 Å². The predicted molar refractivity (Wildman–Crippen MR) is 130 cm³/mol. The number of thiazole rings is 1. The standard InChI is InChI=1S/C24H28N4O5S/c1-31-21-19-20(18(14-25-21)16-3-2-4-17(13-16)33-12-9-29)34-22(26-19)27-23(30)28-8-5-24(15-28)6-10-32-11-7-24/h2-4,13-14,29H,5-12,15H2,1H3,(H,26,27,30). The van der Waals surface area contributed by atoms with Gasteiger partial charge in [-0.1, -0.05) is 23.5 Å². The second-order valence-electron chi connectivity index (χ2n) is 8.69. The number of ether oxygens (including phenoxy) is 3. The molecular weight excluding hydrogens is 456 g/mol. The molecule has 34 heavy (non-hydrogen) atoms. The molecule has 0 aliphatic carbocycles. The summed E-state index contributed by atoms with van der Waals surface area (Å²) in [7, 11) is 1.56. The first kappa shape index (κ1) is 22.8. The number of nitrogens with one attached hydrogen (secondary N) is 1. The van der Waals surface area contributed by atoms with Crippen molar-refractivity contribution in [2.24, 2.45) is 5.41 Å². The maximum absolute atomic E-state index is 13.0. The van der Waals surface area contributed by atoms with Gasteiger partial charge in [-0.15, -0.1) is 0 Å². The maximum atomic E-state index is 13.0. The average molecular weight is 485 g/mol. The predicted octanol–water partition coefficient (Wildman–Crippen LogP) is 3.77. The number of pyridine rings is 1. The summed E-state index contributed by atoms with van der Waals surface area (Å²) in [6.45, 7) is 3.21. The fourth-order valence-corrected chi connectivity index (χ4v) is 5.69. The number of hydrogen-bond acceptors (Lipinski definition) is 8. The monoisotopic (exact) mass is 484 g/mol. The van der Waals surface area contributed by atoms with Gasteiger partial charge in [0.05, 0.1) is 18.4 Å². The molecule has 1 aromatic carbocycles. The van der Waals surface area contributed by atoms with Gasteiger partial charge in [-0.05, 0) is 42.4 Å². The van der Waals surface area contributed by atoms with Gasteiger partial charge in [0, 0.05) is 38.1 Å². The number of amides is 2. The van der Waals surface area contributed by atoms with Crippen molar-refractivity contribution >= 4 is 32.7 Å². The molecule has 2 fully saturated rings. The normalized spacial score (nSPS) is 17.3. The zero-order valence-corrected chi connectivity index (χ0v) is 19.9. The van der Waals surface area contributed by atoms with Crippen LogP contribution in [0.2, 0.25) is 0 Å². The molecule has 9 nitrogen and oxygen atoms in total. The highest BCUT2D eigenvalue weighted by atomic mass is 32.1. The van der Waals surface area contributed by atoms with Gasteiger partial charge in [0.15, 0.2) is 5.13 Å². The second-order valence-corrected chi connectivity index (χ2v) is 9.69. The Labute approximate surface area is 201 Å². The lowest BCUT2D eigenvalue weighted by atomic mass is 9.80. The summed E-state index contributed by atoms with van der Waals surface area (Å²) in [6.07, 6.45) is 4.77. The Hall–Kier alpha value is -2.95. The third-order valence-electron chi connectivity index (χ3n) is 6.58. The van der Waals surface area contributed by atoms with Crippen molar-refractivity contribution in [3.8, 4) is 22.8 Å². The van der Waals surface area contributed by atoms with E-state index in [0.717, 1.165) is 61.4 Å². The van der Waals surface area contributed by atoms with E-state index in [1.165, 1.54) is 11.3 Å². The lowest BCUT2D eigenvalue weighted by Gasteiger charge is -2.33. The van der Waals surface area contributed by atoms with Crippen LogP contribution in [0.3, 0.4) is 0 Å². The van der Waals surface area contributed by atoms with E-state index in [1.807, 2.05) is 29.2 Å². The third-order valence-corrected chi connectivity index (χ3v) is 7.58. The number of fused-ring (bicyclic) bond motifs is 1. The summed E-state index contributed by atoms with van der Waals surface area (Å²) in [5, 5.41) is 12.5. The van der Waals surface area contributed by atoms with E-state index in [0.29, 0.717) is 22.3 Å². The zero-order valence-electron chi connectivity index (χ0n) is 19.1. The Bertz CT molecular complexity index is 1180. The topological polar surface area (TPSA) is 106 Å². The maximum Gasteiger partial charge on any atom is 0.323 e. The van der Waals surface area contributed by atoms with Crippen molar-refractivity contribution in [1.82, 2.24) is 14.9 Å². The molecule has 0 saturated carbocycles. The Morgan fingerprint density at radius 2 is 2.18 bits per heavy atom. The van der Waals surface area contributed by atoms with Gasteiger partial charge in [-0.2, -0.15) is 0 Å². The van der Waals surface area contributed by atoms with Crippen molar-refractivity contribution in [2.45, 2.75) is 19.3 Å². The average Bonchev–Trinajstić information content (AvgIpc) is 3.47. The SMILES string of the molecule is COc1ncc(-c2cccc(OCCO)c2)c2sc(NC(=O)N3CCC4(CCOCC4)C3)nc12. The lowest BCUT2D eigenvalue weighted by Crippen LogP contribution is -2.37. The Balaban J connectivity index is 1.40. The number of aromatic nitrogens is 2. The minimum Gasteiger partial charge on any atom is -0.491 e. The molecule has 5 rings (SSSR count). The van der Waals surface area contributed by atoms with Crippen molar-refractivity contribution < 1.29 is 24.1 Å². The van der Waals surface area contributed by atoms with Gasteiger partial charge in [-0.3, -0.25) is 5.32 Å². The van der Waals surface area contributed by atoms with Gasteiger partial charge in [0.2, 0.25) is 5.88 Å². The highest BCUT2D eigenvalue weighted by molar-refractivity contribution is 7.23. The number of carbonyl (C=O) groups excluding carboxylic acids is 1. The highest BCUT2D eigenvalue weighted by Gasteiger charge is 2.41. The van der Waals surface area contributed by atoms with Crippen molar-refractivity contribution in [3.05, 3.63) is 30.5 Å². The van der Waals surface area contributed by atoms with E-state index in [2.05, 4.69) is 15.3 Å². The van der Waals surface area contributed by atoms with Crippen molar-refractivity contribution in [3.63, 3.8) is 0 Å². The summed E-state index contributed by atoms with van der Waals surface area (Å²) in [6, 6.07) is 7.46. The van der Waals surface area contributed by atoms with Crippen LogP contribution < -0.4 is 14.8 Å². The summed E-state index contributed by atoms with van der Waals surface area (Å²) in [5.41, 5.74) is 2.56. The molecule has 3 aromatic rings. The summed E-state index contributed by atoms with van der Waals surface area (Å²) in [5.74, 6) is 1.06. The van der Waals surface area contributed by atoms with Crippen LogP contribution in [0.1, 0.15) is 19.3 Å². The first-order valence-electron chi connectivity index (χ1n) is 11.4. The molecule has 2 saturated heterocycles. The van der Waals surface area contributed by atoms with Gasteiger partial charge < -0.3 is 24.2 Å². The van der Waals surface area contributed by atoms with Gasteiger partial charge in [-0.25, -0.2) is 14.8 Å².